The van der Waals surface area contributed by atoms with Crippen molar-refractivity contribution < 1.29 is 14.3 Å². The molecule has 0 aromatic heterocycles. The highest BCUT2D eigenvalue weighted by Gasteiger charge is 2.29. The molecule has 1 aliphatic rings. The van der Waals surface area contributed by atoms with Crippen LogP contribution in [0.15, 0.2) is 47.6 Å². The molecular formula is C21H21Cl2N3O3. The predicted octanol–water partition coefficient (Wildman–Crippen LogP) is 4.65. The van der Waals surface area contributed by atoms with Crippen LogP contribution in [0.5, 0.6) is 5.75 Å². The van der Waals surface area contributed by atoms with Gasteiger partial charge in [0.05, 0.1) is 10.7 Å². The van der Waals surface area contributed by atoms with E-state index in [1.807, 2.05) is 24.3 Å². The smallest absolute Gasteiger partial charge is 0.280 e. The van der Waals surface area contributed by atoms with Crippen LogP contribution in [0.25, 0.3) is 0 Å². The molecule has 1 atom stereocenters. The third-order valence-electron chi connectivity index (χ3n) is 4.40. The largest absolute Gasteiger partial charge is 0.479 e. The summed E-state index contributed by atoms with van der Waals surface area (Å²) in [4.78, 5) is 24.2. The van der Waals surface area contributed by atoms with Crippen molar-refractivity contribution in [1.82, 2.24) is 5.43 Å². The van der Waals surface area contributed by atoms with Gasteiger partial charge in [-0.25, -0.2) is 5.43 Å². The van der Waals surface area contributed by atoms with Crippen molar-refractivity contribution in [2.75, 3.05) is 5.32 Å². The molecular weight excluding hydrogens is 413 g/mol. The molecule has 1 saturated carbocycles. The van der Waals surface area contributed by atoms with Crippen molar-refractivity contribution in [2.24, 2.45) is 11.0 Å². The summed E-state index contributed by atoms with van der Waals surface area (Å²) >= 11 is 11.9. The summed E-state index contributed by atoms with van der Waals surface area (Å²) in [6.45, 7) is 3.36. The first-order chi connectivity index (χ1) is 13.8. The van der Waals surface area contributed by atoms with Crippen LogP contribution >= 0.6 is 23.2 Å². The number of halogens is 2. The SMILES string of the molecule is C/C(=N/NC(=O)C(C)Oc1ccc(Cl)cc1Cl)c1cccc(NC(=O)C2CC2)c1. The van der Waals surface area contributed by atoms with E-state index in [0.29, 0.717) is 27.2 Å². The number of hydrogen-bond acceptors (Lipinski definition) is 4. The average Bonchev–Trinajstić information content (AvgIpc) is 3.53. The summed E-state index contributed by atoms with van der Waals surface area (Å²) in [6.07, 6.45) is 1.08. The van der Waals surface area contributed by atoms with Crippen molar-refractivity contribution in [3.8, 4) is 5.75 Å². The molecule has 2 aromatic carbocycles. The summed E-state index contributed by atoms with van der Waals surface area (Å²) in [6, 6.07) is 12.1. The van der Waals surface area contributed by atoms with Crippen molar-refractivity contribution >= 4 is 46.4 Å². The van der Waals surface area contributed by atoms with E-state index in [2.05, 4.69) is 15.8 Å². The standard InChI is InChI=1S/C21H21Cl2N3O3/c1-12(15-4-3-5-17(10-15)24-21(28)14-6-7-14)25-26-20(27)13(2)29-19-9-8-16(22)11-18(19)23/h3-5,8-11,13-14H,6-7H2,1-2H3,(H,24,28)(H,26,27)/b25-12-. The minimum Gasteiger partial charge on any atom is -0.479 e. The lowest BCUT2D eigenvalue weighted by molar-refractivity contribution is -0.127. The minimum atomic E-state index is -0.811. The monoisotopic (exact) mass is 433 g/mol. The molecule has 1 aliphatic carbocycles. The Labute approximate surface area is 179 Å². The summed E-state index contributed by atoms with van der Waals surface area (Å²) in [7, 11) is 0. The van der Waals surface area contributed by atoms with Gasteiger partial charge in [-0.1, -0.05) is 35.3 Å². The second kappa shape index (κ2) is 9.29. The van der Waals surface area contributed by atoms with Crippen molar-refractivity contribution in [3.63, 3.8) is 0 Å². The zero-order chi connectivity index (χ0) is 21.0. The van der Waals surface area contributed by atoms with Crippen LogP contribution in [0.2, 0.25) is 10.0 Å². The normalized spacial score (nSPS) is 14.8. The fourth-order valence-electron chi connectivity index (χ4n) is 2.52. The van der Waals surface area contributed by atoms with Gasteiger partial charge >= 0.3 is 0 Å². The van der Waals surface area contributed by atoms with Crippen molar-refractivity contribution in [2.45, 2.75) is 32.8 Å². The molecule has 2 amide bonds. The van der Waals surface area contributed by atoms with Gasteiger partial charge in [0.25, 0.3) is 5.91 Å². The van der Waals surface area contributed by atoms with E-state index in [1.165, 1.54) is 0 Å². The molecule has 2 aromatic rings. The predicted molar refractivity (Wildman–Crippen MR) is 115 cm³/mol. The average molecular weight is 434 g/mol. The zero-order valence-electron chi connectivity index (χ0n) is 16.0. The fraction of sp³-hybridized carbons (Fsp3) is 0.286. The number of amides is 2. The van der Waals surface area contributed by atoms with Gasteiger partial charge < -0.3 is 10.1 Å². The number of nitrogens with one attached hydrogen (secondary N) is 2. The van der Waals surface area contributed by atoms with E-state index in [4.69, 9.17) is 27.9 Å². The van der Waals surface area contributed by atoms with Crippen LogP contribution in [0.3, 0.4) is 0 Å². The Morgan fingerprint density at radius 2 is 1.93 bits per heavy atom. The van der Waals surface area contributed by atoms with E-state index in [1.54, 1.807) is 32.0 Å². The van der Waals surface area contributed by atoms with Gasteiger partial charge in [0, 0.05) is 16.6 Å². The third kappa shape index (κ3) is 5.95. The van der Waals surface area contributed by atoms with Crippen LogP contribution < -0.4 is 15.5 Å². The quantitative estimate of drug-likeness (QED) is 0.492. The maximum absolute atomic E-state index is 12.3. The summed E-state index contributed by atoms with van der Waals surface area (Å²) in [5.41, 5.74) is 4.57. The molecule has 0 bridgehead atoms. The summed E-state index contributed by atoms with van der Waals surface area (Å²) < 4.78 is 5.57. The Bertz CT molecular complexity index is 958. The third-order valence-corrected chi connectivity index (χ3v) is 4.93. The molecule has 29 heavy (non-hydrogen) atoms. The molecule has 3 rings (SSSR count). The molecule has 0 aliphatic heterocycles. The van der Waals surface area contributed by atoms with E-state index < -0.39 is 12.0 Å². The first-order valence-electron chi connectivity index (χ1n) is 9.20. The highest BCUT2D eigenvalue weighted by Crippen LogP contribution is 2.30. The molecule has 1 unspecified atom stereocenters. The Morgan fingerprint density at radius 1 is 1.17 bits per heavy atom. The van der Waals surface area contributed by atoms with Crippen LogP contribution in [-0.4, -0.2) is 23.6 Å². The molecule has 0 heterocycles. The maximum atomic E-state index is 12.3. The Morgan fingerprint density at radius 3 is 2.62 bits per heavy atom. The van der Waals surface area contributed by atoms with Gasteiger partial charge in [0.15, 0.2) is 6.10 Å². The van der Waals surface area contributed by atoms with Gasteiger partial charge in [0.2, 0.25) is 5.91 Å². The Balaban J connectivity index is 1.59. The Hall–Kier alpha value is -2.57. The number of hydrogen-bond donors (Lipinski definition) is 2. The second-order valence-corrected chi connectivity index (χ2v) is 7.70. The molecule has 0 radical (unpaired) electrons. The number of nitrogens with zero attached hydrogens (tertiary/aromatic N) is 1. The highest BCUT2D eigenvalue weighted by molar-refractivity contribution is 6.35. The molecule has 1 fully saturated rings. The first-order valence-corrected chi connectivity index (χ1v) is 9.96. The van der Waals surface area contributed by atoms with E-state index in [-0.39, 0.29) is 11.8 Å². The molecule has 8 heteroatoms. The van der Waals surface area contributed by atoms with Gasteiger partial charge in [0.1, 0.15) is 5.75 Å². The lowest BCUT2D eigenvalue weighted by atomic mass is 10.1. The van der Waals surface area contributed by atoms with Gasteiger partial charge in [-0.3, -0.25) is 9.59 Å². The number of hydrazone groups is 1. The Kier molecular flexibility index (Phi) is 6.77. The van der Waals surface area contributed by atoms with Crippen LogP contribution in [0, 0.1) is 5.92 Å². The molecule has 152 valence electrons. The lowest BCUT2D eigenvalue weighted by Gasteiger charge is -2.14. The number of ether oxygens (including phenoxy) is 1. The fourth-order valence-corrected chi connectivity index (χ4v) is 2.97. The molecule has 0 saturated heterocycles. The van der Waals surface area contributed by atoms with Crippen LogP contribution in [0.4, 0.5) is 5.69 Å². The first kappa shape index (κ1) is 21.1. The van der Waals surface area contributed by atoms with E-state index in [0.717, 1.165) is 18.4 Å². The second-order valence-electron chi connectivity index (χ2n) is 6.85. The number of anilines is 1. The van der Waals surface area contributed by atoms with Gasteiger partial charge in [-0.15, -0.1) is 0 Å². The lowest BCUT2D eigenvalue weighted by Crippen LogP contribution is -2.34. The summed E-state index contributed by atoms with van der Waals surface area (Å²) in [5.74, 6) is 0.104. The topological polar surface area (TPSA) is 79.8 Å². The van der Waals surface area contributed by atoms with Crippen molar-refractivity contribution in [3.05, 3.63) is 58.1 Å². The van der Waals surface area contributed by atoms with Crippen LogP contribution in [-0.2, 0) is 9.59 Å². The number of carbonyl (C=O) groups excluding carboxylic acids is 2. The molecule has 0 spiro atoms. The minimum absolute atomic E-state index is 0.0388. The van der Waals surface area contributed by atoms with Crippen molar-refractivity contribution in [1.29, 1.82) is 0 Å². The number of carbonyl (C=O) groups is 2. The summed E-state index contributed by atoms with van der Waals surface area (Å²) in [5, 5.41) is 7.83. The molecule has 2 N–H and O–H groups in total. The van der Waals surface area contributed by atoms with E-state index in [9.17, 15) is 9.59 Å². The number of rotatable bonds is 7. The molecule has 6 nitrogen and oxygen atoms in total. The zero-order valence-corrected chi connectivity index (χ0v) is 17.6. The van der Waals surface area contributed by atoms with Gasteiger partial charge in [-0.05, 0) is 62.6 Å². The van der Waals surface area contributed by atoms with Crippen LogP contribution in [0.1, 0.15) is 32.3 Å². The van der Waals surface area contributed by atoms with E-state index >= 15 is 0 Å². The number of benzene rings is 2. The highest BCUT2D eigenvalue weighted by atomic mass is 35.5. The van der Waals surface area contributed by atoms with Gasteiger partial charge in [-0.2, -0.15) is 5.10 Å². The maximum Gasteiger partial charge on any atom is 0.280 e.